The summed E-state index contributed by atoms with van der Waals surface area (Å²) < 4.78 is 0. The molecule has 1 aliphatic rings. The molecule has 1 saturated heterocycles. The van der Waals surface area contributed by atoms with Gasteiger partial charge in [-0.2, -0.15) is 0 Å². The molecule has 3 atom stereocenters. The number of anilines is 1. The highest BCUT2D eigenvalue weighted by molar-refractivity contribution is 5.95. The molecule has 0 radical (unpaired) electrons. The molecule has 2 aromatic rings. The minimum atomic E-state index is -0.209. The first-order chi connectivity index (χ1) is 12.0. The van der Waals surface area contributed by atoms with Crippen molar-refractivity contribution in [2.75, 3.05) is 18.4 Å². The number of carbonyl (C=O) groups excluding carboxylic acids is 1. The number of benzene rings is 2. The summed E-state index contributed by atoms with van der Waals surface area (Å²) in [4.78, 5) is 14.9. The Morgan fingerprint density at radius 1 is 1.08 bits per heavy atom. The Morgan fingerprint density at radius 3 is 2.31 bits per heavy atom. The first kappa shape index (κ1) is 20.4. The fraction of sp³-hybridized carbons (Fsp3) is 0.381. The van der Waals surface area contributed by atoms with Gasteiger partial charge in [-0.25, -0.2) is 0 Å². The van der Waals surface area contributed by atoms with Crippen molar-refractivity contribution < 1.29 is 4.79 Å². The average molecular weight is 374 g/mol. The molecule has 0 saturated carbocycles. The van der Waals surface area contributed by atoms with E-state index in [-0.39, 0.29) is 36.3 Å². The van der Waals surface area contributed by atoms with Crippen molar-refractivity contribution in [3.63, 3.8) is 0 Å². The summed E-state index contributed by atoms with van der Waals surface area (Å²) in [6.45, 7) is 7.55. The number of halogens is 1. The number of hydrogen-bond donors (Lipinski definition) is 2. The van der Waals surface area contributed by atoms with Crippen molar-refractivity contribution in [2.45, 2.75) is 38.8 Å². The molecule has 0 aromatic heterocycles. The molecule has 1 aliphatic heterocycles. The Hall–Kier alpha value is -1.88. The molecule has 3 N–H and O–H groups in total. The summed E-state index contributed by atoms with van der Waals surface area (Å²) in [5.41, 5.74) is 10.7. The lowest BCUT2D eigenvalue weighted by Crippen LogP contribution is -2.42. The molecule has 3 rings (SSSR count). The van der Waals surface area contributed by atoms with Gasteiger partial charge < -0.3 is 11.1 Å². The lowest BCUT2D eigenvalue weighted by Gasteiger charge is -2.24. The molecular weight excluding hydrogens is 346 g/mol. The van der Waals surface area contributed by atoms with E-state index >= 15 is 0 Å². The smallest absolute Gasteiger partial charge is 0.241 e. The summed E-state index contributed by atoms with van der Waals surface area (Å²) in [5, 5.41) is 3.10. The molecule has 4 nitrogen and oxygen atoms in total. The van der Waals surface area contributed by atoms with Crippen LogP contribution < -0.4 is 11.1 Å². The summed E-state index contributed by atoms with van der Waals surface area (Å²) in [6.07, 6.45) is 0. The number of carbonyl (C=O) groups is 1. The Morgan fingerprint density at radius 2 is 1.69 bits per heavy atom. The number of rotatable bonds is 4. The van der Waals surface area contributed by atoms with E-state index in [1.807, 2.05) is 57.2 Å². The molecule has 2 aromatic carbocycles. The van der Waals surface area contributed by atoms with Gasteiger partial charge in [0.2, 0.25) is 5.91 Å². The maximum atomic E-state index is 12.8. The first-order valence-electron chi connectivity index (χ1n) is 8.89. The second-order valence-corrected chi connectivity index (χ2v) is 7.07. The number of aryl methyl sites for hydroxylation is 2. The van der Waals surface area contributed by atoms with Crippen LogP contribution in [0, 0.1) is 13.8 Å². The predicted molar refractivity (Wildman–Crippen MR) is 110 cm³/mol. The van der Waals surface area contributed by atoms with Crippen LogP contribution in [0.4, 0.5) is 5.69 Å². The van der Waals surface area contributed by atoms with Crippen LogP contribution in [0.3, 0.4) is 0 Å². The van der Waals surface area contributed by atoms with Crippen molar-refractivity contribution in [2.24, 2.45) is 5.73 Å². The maximum absolute atomic E-state index is 12.8. The predicted octanol–water partition coefficient (Wildman–Crippen LogP) is 3.48. The van der Waals surface area contributed by atoms with Crippen LogP contribution >= 0.6 is 12.4 Å². The summed E-state index contributed by atoms with van der Waals surface area (Å²) in [6, 6.07) is 16.2. The monoisotopic (exact) mass is 373 g/mol. The second-order valence-electron chi connectivity index (χ2n) is 7.07. The van der Waals surface area contributed by atoms with Crippen LogP contribution in [0.1, 0.15) is 29.5 Å². The topological polar surface area (TPSA) is 58.4 Å². The van der Waals surface area contributed by atoms with E-state index in [0.717, 1.165) is 29.9 Å². The second kappa shape index (κ2) is 8.67. The van der Waals surface area contributed by atoms with Crippen LogP contribution in [0.15, 0.2) is 48.5 Å². The quantitative estimate of drug-likeness (QED) is 0.862. The number of amides is 1. The van der Waals surface area contributed by atoms with Gasteiger partial charge in [0.15, 0.2) is 0 Å². The van der Waals surface area contributed by atoms with E-state index in [0.29, 0.717) is 0 Å². The highest BCUT2D eigenvalue weighted by Gasteiger charge is 2.35. The number of hydrogen-bond acceptors (Lipinski definition) is 3. The van der Waals surface area contributed by atoms with E-state index in [9.17, 15) is 4.79 Å². The Labute approximate surface area is 162 Å². The number of nitrogens with zero attached hydrogens (tertiary/aromatic N) is 1. The van der Waals surface area contributed by atoms with Gasteiger partial charge in [0, 0.05) is 30.7 Å². The molecule has 0 aliphatic carbocycles. The molecule has 1 amide bonds. The lowest BCUT2D eigenvalue weighted by atomic mass is 9.95. The maximum Gasteiger partial charge on any atom is 0.241 e. The van der Waals surface area contributed by atoms with Gasteiger partial charge in [-0.1, -0.05) is 48.5 Å². The van der Waals surface area contributed by atoms with Crippen LogP contribution in [0.5, 0.6) is 0 Å². The third kappa shape index (κ3) is 4.26. The number of likely N-dealkylation sites (tertiary alicyclic amines) is 1. The zero-order chi connectivity index (χ0) is 18.0. The fourth-order valence-corrected chi connectivity index (χ4v) is 3.63. The third-order valence-electron chi connectivity index (χ3n) is 5.28. The molecular formula is C21H28ClN3O. The molecule has 1 unspecified atom stereocenters. The van der Waals surface area contributed by atoms with E-state index < -0.39 is 0 Å². The Kier molecular flexibility index (Phi) is 6.81. The van der Waals surface area contributed by atoms with Crippen LogP contribution in [0.2, 0.25) is 0 Å². The summed E-state index contributed by atoms with van der Waals surface area (Å²) in [5.74, 6) is 0.301. The normalized spacial score (nSPS) is 21.1. The van der Waals surface area contributed by atoms with Crippen LogP contribution in [-0.4, -0.2) is 36.0 Å². The molecule has 1 fully saturated rings. The first-order valence-corrected chi connectivity index (χ1v) is 8.89. The van der Waals surface area contributed by atoms with Crippen LogP contribution in [0.25, 0.3) is 0 Å². The molecule has 5 heteroatoms. The van der Waals surface area contributed by atoms with E-state index in [2.05, 4.69) is 22.3 Å². The van der Waals surface area contributed by atoms with Gasteiger partial charge in [-0.3, -0.25) is 9.69 Å². The van der Waals surface area contributed by atoms with Crippen molar-refractivity contribution >= 4 is 24.0 Å². The lowest BCUT2D eigenvalue weighted by molar-refractivity contribution is -0.120. The molecule has 0 bridgehead atoms. The summed E-state index contributed by atoms with van der Waals surface area (Å²) >= 11 is 0. The van der Waals surface area contributed by atoms with Crippen molar-refractivity contribution in [1.29, 1.82) is 0 Å². The zero-order valence-electron chi connectivity index (χ0n) is 15.6. The molecule has 26 heavy (non-hydrogen) atoms. The van der Waals surface area contributed by atoms with Gasteiger partial charge in [0.25, 0.3) is 0 Å². The number of nitrogens with two attached hydrogens (primary N) is 1. The molecule has 1 heterocycles. The summed E-state index contributed by atoms with van der Waals surface area (Å²) in [7, 11) is 0. The number of para-hydroxylation sites is 1. The van der Waals surface area contributed by atoms with Gasteiger partial charge in [-0.15, -0.1) is 12.4 Å². The van der Waals surface area contributed by atoms with Crippen LogP contribution in [-0.2, 0) is 4.79 Å². The minimum absolute atomic E-state index is 0. The SMILES string of the molecule is Cc1cccc(C)c1NC(=O)C(C)N1C[C@@H](N)[C@H](c2ccccc2)C1.Cl. The molecule has 0 spiro atoms. The Bertz CT molecular complexity index is 730. The van der Waals surface area contributed by atoms with E-state index in [1.54, 1.807) is 0 Å². The number of nitrogens with one attached hydrogen (secondary N) is 1. The largest absolute Gasteiger partial charge is 0.326 e. The van der Waals surface area contributed by atoms with E-state index in [1.165, 1.54) is 5.56 Å². The third-order valence-corrected chi connectivity index (χ3v) is 5.28. The van der Waals surface area contributed by atoms with Gasteiger partial charge in [0.1, 0.15) is 0 Å². The van der Waals surface area contributed by atoms with Crippen molar-refractivity contribution in [3.05, 3.63) is 65.2 Å². The van der Waals surface area contributed by atoms with Gasteiger partial charge in [-0.05, 0) is 37.5 Å². The highest BCUT2D eigenvalue weighted by Crippen LogP contribution is 2.28. The van der Waals surface area contributed by atoms with Crippen molar-refractivity contribution in [1.82, 2.24) is 4.90 Å². The molecule has 140 valence electrons. The minimum Gasteiger partial charge on any atom is -0.326 e. The standard InChI is InChI=1S/C21H27N3O.ClH/c1-14-8-7-9-15(2)20(14)23-21(25)16(3)24-12-18(19(22)13-24)17-10-5-4-6-11-17;/h4-11,16,18-19H,12-13,22H2,1-3H3,(H,23,25);1H/t16?,18-,19+;/m0./s1. The zero-order valence-corrected chi connectivity index (χ0v) is 16.4. The van der Waals surface area contributed by atoms with E-state index in [4.69, 9.17) is 5.73 Å². The Balaban J connectivity index is 0.00000243. The van der Waals surface area contributed by atoms with Gasteiger partial charge >= 0.3 is 0 Å². The van der Waals surface area contributed by atoms with Crippen molar-refractivity contribution in [3.8, 4) is 0 Å². The average Bonchev–Trinajstić information content (AvgIpc) is 3.00. The highest BCUT2D eigenvalue weighted by atomic mass is 35.5. The fourth-order valence-electron chi connectivity index (χ4n) is 3.63. The van der Waals surface area contributed by atoms with Gasteiger partial charge in [0.05, 0.1) is 6.04 Å².